The second-order valence-electron chi connectivity index (χ2n) is 5.36. The van der Waals surface area contributed by atoms with Gasteiger partial charge in [0.25, 0.3) is 0 Å². The summed E-state index contributed by atoms with van der Waals surface area (Å²) >= 11 is 0. The van der Waals surface area contributed by atoms with Gasteiger partial charge in [0.1, 0.15) is 6.17 Å². The van der Waals surface area contributed by atoms with Crippen molar-refractivity contribution in [2.45, 2.75) is 57.5 Å². The number of hydrogen-bond donors (Lipinski definition) is 1. The molecule has 1 nitrogen and oxygen atoms in total. The molecule has 0 aromatic carbocycles. The minimum absolute atomic E-state index is 0.390. The summed E-state index contributed by atoms with van der Waals surface area (Å²) in [5.74, 6) is 0.997. The summed E-state index contributed by atoms with van der Waals surface area (Å²) < 4.78 is 14.0. The van der Waals surface area contributed by atoms with Crippen molar-refractivity contribution in [3.8, 4) is 0 Å². The fraction of sp³-hybridized carbons (Fsp3) is 1.00. The van der Waals surface area contributed by atoms with Crippen LogP contribution in [0.4, 0.5) is 4.39 Å². The van der Waals surface area contributed by atoms with Gasteiger partial charge in [-0.1, -0.05) is 19.3 Å². The maximum absolute atomic E-state index is 14.0. The molecule has 1 saturated carbocycles. The Balaban J connectivity index is 1.72. The lowest BCUT2D eigenvalue weighted by molar-refractivity contribution is 0.141. The van der Waals surface area contributed by atoms with E-state index in [0.717, 1.165) is 32.4 Å². The molecular formula is C13H24FN. The third kappa shape index (κ3) is 3.44. The van der Waals surface area contributed by atoms with Crippen molar-refractivity contribution in [2.75, 3.05) is 13.1 Å². The van der Waals surface area contributed by atoms with Gasteiger partial charge in [-0.25, -0.2) is 4.39 Å². The Bertz CT molecular complexity index is 171. The van der Waals surface area contributed by atoms with E-state index in [-0.39, 0.29) is 0 Å². The van der Waals surface area contributed by atoms with Gasteiger partial charge in [0.2, 0.25) is 0 Å². The smallest absolute Gasteiger partial charge is 0.103 e. The van der Waals surface area contributed by atoms with Crippen molar-refractivity contribution in [1.29, 1.82) is 0 Å². The van der Waals surface area contributed by atoms with Gasteiger partial charge in [-0.05, 0) is 57.0 Å². The second-order valence-corrected chi connectivity index (χ2v) is 5.36. The largest absolute Gasteiger partial charge is 0.316 e. The van der Waals surface area contributed by atoms with Crippen LogP contribution >= 0.6 is 0 Å². The average molecular weight is 213 g/mol. The van der Waals surface area contributed by atoms with Gasteiger partial charge in [-0.3, -0.25) is 0 Å². The topological polar surface area (TPSA) is 12.0 Å². The van der Waals surface area contributed by atoms with Gasteiger partial charge >= 0.3 is 0 Å². The first-order valence-corrected chi connectivity index (χ1v) is 6.71. The standard InChI is InChI=1S/C13H24FN/c14-13(12-6-2-1-3-7-12)9-11-5-4-8-15-10-11/h11-13,15H,1-10H2. The zero-order valence-electron chi connectivity index (χ0n) is 9.68. The lowest BCUT2D eigenvalue weighted by atomic mass is 9.81. The molecule has 0 bridgehead atoms. The SMILES string of the molecule is FC(CC1CCCNC1)C1CCCCC1. The number of piperidine rings is 1. The maximum atomic E-state index is 14.0. The van der Waals surface area contributed by atoms with E-state index in [1.165, 1.54) is 32.1 Å². The van der Waals surface area contributed by atoms with Crippen LogP contribution < -0.4 is 5.32 Å². The first-order chi connectivity index (χ1) is 7.36. The van der Waals surface area contributed by atoms with E-state index in [2.05, 4.69) is 5.32 Å². The Morgan fingerprint density at radius 2 is 1.87 bits per heavy atom. The molecule has 1 N–H and O–H groups in total. The number of hydrogen-bond acceptors (Lipinski definition) is 1. The van der Waals surface area contributed by atoms with E-state index in [4.69, 9.17) is 0 Å². The van der Waals surface area contributed by atoms with Crippen LogP contribution in [-0.4, -0.2) is 19.3 Å². The number of nitrogens with one attached hydrogen (secondary N) is 1. The van der Waals surface area contributed by atoms with Crippen molar-refractivity contribution in [3.63, 3.8) is 0 Å². The minimum atomic E-state index is -0.518. The minimum Gasteiger partial charge on any atom is -0.316 e. The Labute approximate surface area is 92.8 Å². The van der Waals surface area contributed by atoms with Crippen LogP contribution in [0, 0.1) is 11.8 Å². The fourth-order valence-corrected chi connectivity index (χ4v) is 3.13. The van der Waals surface area contributed by atoms with Gasteiger partial charge in [-0.2, -0.15) is 0 Å². The van der Waals surface area contributed by atoms with Gasteiger partial charge < -0.3 is 5.32 Å². The monoisotopic (exact) mass is 213 g/mol. The first kappa shape index (κ1) is 11.4. The highest BCUT2D eigenvalue weighted by molar-refractivity contribution is 4.78. The predicted octanol–water partition coefficient (Wildman–Crippen LogP) is 3.29. The number of halogens is 1. The van der Waals surface area contributed by atoms with E-state index in [9.17, 15) is 4.39 Å². The summed E-state index contributed by atoms with van der Waals surface area (Å²) in [5, 5.41) is 3.38. The van der Waals surface area contributed by atoms with E-state index >= 15 is 0 Å². The van der Waals surface area contributed by atoms with Crippen LogP contribution in [0.2, 0.25) is 0 Å². The average Bonchev–Trinajstić information content (AvgIpc) is 2.31. The quantitative estimate of drug-likeness (QED) is 0.758. The summed E-state index contributed by atoms with van der Waals surface area (Å²) in [6, 6.07) is 0. The van der Waals surface area contributed by atoms with Crippen molar-refractivity contribution in [3.05, 3.63) is 0 Å². The van der Waals surface area contributed by atoms with Crippen LogP contribution in [0.25, 0.3) is 0 Å². The molecular weight excluding hydrogens is 189 g/mol. The van der Waals surface area contributed by atoms with E-state index < -0.39 is 6.17 Å². The summed E-state index contributed by atoms with van der Waals surface area (Å²) in [7, 11) is 0. The fourth-order valence-electron chi connectivity index (χ4n) is 3.13. The van der Waals surface area contributed by atoms with Crippen LogP contribution in [0.3, 0.4) is 0 Å². The van der Waals surface area contributed by atoms with Gasteiger partial charge in [0.15, 0.2) is 0 Å². The first-order valence-electron chi connectivity index (χ1n) is 6.71. The molecule has 2 atom stereocenters. The van der Waals surface area contributed by atoms with E-state index in [1.54, 1.807) is 0 Å². The molecule has 2 aliphatic rings. The van der Waals surface area contributed by atoms with Crippen molar-refractivity contribution in [1.82, 2.24) is 5.32 Å². The summed E-state index contributed by atoms with van der Waals surface area (Å²) in [4.78, 5) is 0. The summed E-state index contributed by atoms with van der Waals surface area (Å²) in [5.41, 5.74) is 0. The molecule has 0 radical (unpaired) electrons. The highest BCUT2D eigenvalue weighted by atomic mass is 19.1. The van der Waals surface area contributed by atoms with Gasteiger partial charge in [-0.15, -0.1) is 0 Å². The maximum Gasteiger partial charge on any atom is 0.103 e. The molecule has 2 fully saturated rings. The molecule has 0 aromatic heterocycles. The molecule has 1 aliphatic carbocycles. The van der Waals surface area contributed by atoms with Crippen molar-refractivity contribution < 1.29 is 4.39 Å². The molecule has 2 unspecified atom stereocenters. The molecule has 0 spiro atoms. The highest BCUT2D eigenvalue weighted by Gasteiger charge is 2.26. The highest BCUT2D eigenvalue weighted by Crippen LogP contribution is 2.32. The van der Waals surface area contributed by atoms with Gasteiger partial charge in [0.05, 0.1) is 0 Å². The van der Waals surface area contributed by atoms with E-state index in [1.807, 2.05) is 0 Å². The van der Waals surface area contributed by atoms with Crippen LogP contribution in [-0.2, 0) is 0 Å². The second kappa shape index (κ2) is 5.83. The molecule has 0 amide bonds. The van der Waals surface area contributed by atoms with Crippen LogP contribution in [0.5, 0.6) is 0 Å². The molecule has 1 aliphatic heterocycles. The molecule has 88 valence electrons. The van der Waals surface area contributed by atoms with Crippen molar-refractivity contribution in [2.24, 2.45) is 11.8 Å². The Morgan fingerprint density at radius 3 is 2.53 bits per heavy atom. The normalized spacial score (nSPS) is 31.4. The van der Waals surface area contributed by atoms with E-state index in [0.29, 0.717) is 11.8 Å². The van der Waals surface area contributed by atoms with Crippen molar-refractivity contribution >= 4 is 0 Å². The Kier molecular flexibility index (Phi) is 4.42. The Hall–Kier alpha value is -0.110. The summed E-state index contributed by atoms with van der Waals surface area (Å²) in [6.45, 7) is 2.18. The number of rotatable bonds is 3. The predicted molar refractivity (Wildman–Crippen MR) is 61.7 cm³/mol. The van der Waals surface area contributed by atoms with Crippen LogP contribution in [0.15, 0.2) is 0 Å². The zero-order valence-corrected chi connectivity index (χ0v) is 9.68. The van der Waals surface area contributed by atoms with Gasteiger partial charge in [0, 0.05) is 0 Å². The molecule has 0 aromatic rings. The number of alkyl halides is 1. The molecule has 15 heavy (non-hydrogen) atoms. The summed E-state index contributed by atoms with van der Waals surface area (Å²) in [6.07, 6.45) is 8.90. The lowest BCUT2D eigenvalue weighted by Crippen LogP contribution is -2.33. The van der Waals surface area contributed by atoms with Crippen LogP contribution in [0.1, 0.15) is 51.4 Å². The third-order valence-electron chi connectivity index (χ3n) is 4.12. The molecule has 1 saturated heterocycles. The zero-order chi connectivity index (χ0) is 10.5. The molecule has 1 heterocycles. The lowest BCUT2D eigenvalue weighted by Gasteiger charge is -2.29. The molecule has 2 rings (SSSR count). The Morgan fingerprint density at radius 1 is 1.07 bits per heavy atom. The third-order valence-corrected chi connectivity index (χ3v) is 4.12. The molecule has 2 heteroatoms.